The SMILES string of the molecule is [CH2]Cc1ccc(Cl)c(OC)c1. The summed E-state index contributed by atoms with van der Waals surface area (Å²) < 4.78 is 5.03. The maximum atomic E-state index is 5.81. The smallest absolute Gasteiger partial charge is 0.137 e. The molecule has 1 nitrogen and oxygen atoms in total. The van der Waals surface area contributed by atoms with E-state index in [0.717, 1.165) is 12.0 Å². The summed E-state index contributed by atoms with van der Waals surface area (Å²) in [5.74, 6) is 0.716. The number of hydrogen-bond acceptors (Lipinski definition) is 1. The summed E-state index contributed by atoms with van der Waals surface area (Å²) in [6, 6.07) is 5.66. The molecule has 0 spiro atoms. The molecule has 0 unspecified atom stereocenters. The first-order chi connectivity index (χ1) is 5.27. The van der Waals surface area contributed by atoms with Gasteiger partial charge in [0, 0.05) is 0 Å². The third-order valence-electron chi connectivity index (χ3n) is 1.50. The number of hydrogen-bond donors (Lipinski definition) is 0. The molecule has 1 radical (unpaired) electrons. The van der Waals surface area contributed by atoms with Gasteiger partial charge in [-0.3, -0.25) is 0 Å². The highest BCUT2D eigenvalue weighted by molar-refractivity contribution is 6.32. The quantitative estimate of drug-likeness (QED) is 0.662. The van der Waals surface area contributed by atoms with Crippen molar-refractivity contribution in [3.8, 4) is 5.75 Å². The number of ether oxygens (including phenoxy) is 1. The van der Waals surface area contributed by atoms with Crippen molar-refractivity contribution < 1.29 is 4.74 Å². The van der Waals surface area contributed by atoms with Crippen molar-refractivity contribution in [3.05, 3.63) is 35.7 Å². The third-order valence-corrected chi connectivity index (χ3v) is 1.82. The highest BCUT2D eigenvalue weighted by Crippen LogP contribution is 2.24. The van der Waals surface area contributed by atoms with E-state index in [0.29, 0.717) is 10.8 Å². The average molecular weight is 170 g/mol. The van der Waals surface area contributed by atoms with Crippen LogP contribution in [-0.4, -0.2) is 7.11 Å². The van der Waals surface area contributed by atoms with Crippen LogP contribution in [0.3, 0.4) is 0 Å². The predicted molar refractivity (Wildman–Crippen MR) is 47.1 cm³/mol. The molecule has 11 heavy (non-hydrogen) atoms. The molecule has 0 bridgehead atoms. The van der Waals surface area contributed by atoms with Gasteiger partial charge in [0.1, 0.15) is 5.75 Å². The highest BCUT2D eigenvalue weighted by Gasteiger charge is 1.99. The Kier molecular flexibility index (Phi) is 2.77. The Hall–Kier alpha value is -0.690. The highest BCUT2D eigenvalue weighted by atomic mass is 35.5. The Morgan fingerprint density at radius 3 is 2.82 bits per heavy atom. The van der Waals surface area contributed by atoms with Gasteiger partial charge in [-0.15, -0.1) is 0 Å². The van der Waals surface area contributed by atoms with E-state index in [2.05, 4.69) is 6.92 Å². The minimum Gasteiger partial charge on any atom is -0.495 e. The molecular formula is C9H10ClO. The Morgan fingerprint density at radius 2 is 2.27 bits per heavy atom. The van der Waals surface area contributed by atoms with Gasteiger partial charge < -0.3 is 4.74 Å². The normalized spacial score (nSPS) is 9.73. The van der Waals surface area contributed by atoms with Crippen LogP contribution < -0.4 is 4.74 Å². The molecule has 0 fully saturated rings. The van der Waals surface area contributed by atoms with Gasteiger partial charge in [-0.25, -0.2) is 0 Å². The van der Waals surface area contributed by atoms with E-state index in [-0.39, 0.29) is 0 Å². The van der Waals surface area contributed by atoms with E-state index < -0.39 is 0 Å². The van der Waals surface area contributed by atoms with E-state index in [9.17, 15) is 0 Å². The van der Waals surface area contributed by atoms with Crippen molar-refractivity contribution in [2.24, 2.45) is 0 Å². The molecule has 0 aromatic heterocycles. The Balaban J connectivity index is 3.02. The molecule has 0 atom stereocenters. The fourth-order valence-electron chi connectivity index (χ4n) is 0.860. The van der Waals surface area contributed by atoms with Gasteiger partial charge in [0.05, 0.1) is 12.1 Å². The summed E-state index contributed by atoms with van der Waals surface area (Å²) in [6.45, 7) is 3.76. The van der Waals surface area contributed by atoms with Gasteiger partial charge in [0.15, 0.2) is 0 Å². The van der Waals surface area contributed by atoms with Gasteiger partial charge in [0.25, 0.3) is 0 Å². The van der Waals surface area contributed by atoms with Crippen LogP contribution in [0.15, 0.2) is 18.2 Å². The number of rotatable bonds is 2. The largest absolute Gasteiger partial charge is 0.495 e. The van der Waals surface area contributed by atoms with Crippen LogP contribution in [0.1, 0.15) is 5.56 Å². The Labute approximate surface area is 71.9 Å². The van der Waals surface area contributed by atoms with Crippen molar-refractivity contribution in [3.63, 3.8) is 0 Å². The Bertz CT molecular complexity index is 245. The van der Waals surface area contributed by atoms with Crippen molar-refractivity contribution in [1.82, 2.24) is 0 Å². The molecule has 0 saturated carbocycles. The first-order valence-corrected chi connectivity index (χ1v) is 3.77. The van der Waals surface area contributed by atoms with Crippen LogP contribution >= 0.6 is 11.6 Å². The zero-order valence-electron chi connectivity index (χ0n) is 6.43. The summed E-state index contributed by atoms with van der Waals surface area (Å²) >= 11 is 5.81. The molecule has 2 heteroatoms. The maximum Gasteiger partial charge on any atom is 0.137 e. The Morgan fingerprint density at radius 1 is 1.55 bits per heavy atom. The van der Waals surface area contributed by atoms with E-state index in [1.54, 1.807) is 7.11 Å². The molecule has 1 aromatic rings. The standard InChI is InChI=1S/C9H10ClO/c1-3-7-4-5-8(10)9(6-7)11-2/h4-6H,1,3H2,2H3. The minimum atomic E-state index is 0.643. The first kappa shape index (κ1) is 8.41. The van der Waals surface area contributed by atoms with Crippen LogP contribution in [0, 0.1) is 6.92 Å². The first-order valence-electron chi connectivity index (χ1n) is 3.39. The van der Waals surface area contributed by atoms with Crippen molar-refractivity contribution in [2.45, 2.75) is 6.42 Å². The topological polar surface area (TPSA) is 9.23 Å². The summed E-state index contributed by atoms with van der Waals surface area (Å²) in [7, 11) is 1.61. The second-order valence-electron chi connectivity index (χ2n) is 2.22. The second kappa shape index (κ2) is 3.63. The van der Waals surface area contributed by atoms with Gasteiger partial charge in [-0.05, 0) is 31.0 Å². The van der Waals surface area contributed by atoms with E-state index in [1.807, 2.05) is 18.2 Å². The summed E-state index contributed by atoms with van der Waals surface area (Å²) in [5.41, 5.74) is 1.13. The molecule has 0 heterocycles. The third kappa shape index (κ3) is 1.87. The lowest BCUT2D eigenvalue weighted by Gasteiger charge is -2.03. The molecule has 0 aliphatic carbocycles. The molecule has 59 valence electrons. The van der Waals surface area contributed by atoms with Gasteiger partial charge >= 0.3 is 0 Å². The van der Waals surface area contributed by atoms with Crippen LogP contribution in [0.25, 0.3) is 0 Å². The van der Waals surface area contributed by atoms with E-state index in [4.69, 9.17) is 16.3 Å². The zero-order valence-corrected chi connectivity index (χ0v) is 7.19. The van der Waals surface area contributed by atoms with Gasteiger partial charge in [-0.1, -0.05) is 17.7 Å². The zero-order chi connectivity index (χ0) is 8.27. The van der Waals surface area contributed by atoms with E-state index in [1.165, 1.54) is 0 Å². The van der Waals surface area contributed by atoms with E-state index >= 15 is 0 Å². The summed E-state index contributed by atoms with van der Waals surface area (Å²) in [6.07, 6.45) is 0.757. The molecular weight excluding hydrogens is 160 g/mol. The van der Waals surface area contributed by atoms with Crippen LogP contribution in [0.5, 0.6) is 5.75 Å². The lowest BCUT2D eigenvalue weighted by atomic mass is 10.2. The molecule has 0 aliphatic heterocycles. The summed E-state index contributed by atoms with van der Waals surface area (Å²) in [5, 5.41) is 0.643. The average Bonchev–Trinajstić information content (AvgIpc) is 2.05. The molecule has 0 amide bonds. The monoisotopic (exact) mass is 169 g/mol. The minimum absolute atomic E-state index is 0.643. The second-order valence-corrected chi connectivity index (χ2v) is 2.63. The van der Waals surface area contributed by atoms with Crippen LogP contribution in [0.2, 0.25) is 5.02 Å². The summed E-state index contributed by atoms with van der Waals surface area (Å²) in [4.78, 5) is 0. The molecule has 1 aromatic carbocycles. The number of benzene rings is 1. The van der Waals surface area contributed by atoms with Crippen LogP contribution in [-0.2, 0) is 6.42 Å². The van der Waals surface area contributed by atoms with Crippen molar-refractivity contribution >= 4 is 11.6 Å². The predicted octanol–water partition coefficient (Wildman–Crippen LogP) is 2.73. The fourth-order valence-corrected chi connectivity index (χ4v) is 1.05. The van der Waals surface area contributed by atoms with Crippen molar-refractivity contribution in [1.29, 1.82) is 0 Å². The van der Waals surface area contributed by atoms with Gasteiger partial charge in [0.2, 0.25) is 0 Å². The number of methoxy groups -OCH3 is 1. The molecule has 0 aliphatic rings. The lowest BCUT2D eigenvalue weighted by Crippen LogP contribution is -1.86. The maximum absolute atomic E-state index is 5.81. The number of halogens is 1. The molecule has 0 saturated heterocycles. The van der Waals surface area contributed by atoms with Gasteiger partial charge in [-0.2, -0.15) is 0 Å². The fraction of sp³-hybridized carbons (Fsp3) is 0.222. The molecule has 1 rings (SSSR count). The molecule has 0 N–H and O–H groups in total. The lowest BCUT2D eigenvalue weighted by molar-refractivity contribution is 0.414. The van der Waals surface area contributed by atoms with Crippen molar-refractivity contribution in [2.75, 3.05) is 7.11 Å². The van der Waals surface area contributed by atoms with Crippen LogP contribution in [0.4, 0.5) is 0 Å².